The van der Waals surface area contributed by atoms with Crippen molar-refractivity contribution in [2.45, 2.75) is 82.3 Å². The van der Waals surface area contributed by atoms with E-state index >= 15 is 0 Å². The van der Waals surface area contributed by atoms with Gasteiger partial charge in [-0.2, -0.15) is 20.2 Å². The zero-order valence-electron chi connectivity index (χ0n) is 24.0. The molecule has 2 aromatic heterocycles. The van der Waals surface area contributed by atoms with E-state index in [2.05, 4.69) is 31.5 Å². The minimum absolute atomic E-state index is 0.00238. The van der Waals surface area contributed by atoms with E-state index in [-0.39, 0.29) is 53.1 Å². The molecule has 4 heterocycles. The number of nitrogens with zero attached hydrogens (tertiary/aromatic N) is 6. The van der Waals surface area contributed by atoms with E-state index < -0.39 is 29.3 Å². The van der Waals surface area contributed by atoms with Crippen molar-refractivity contribution < 1.29 is 27.2 Å². The molecule has 0 radical (unpaired) electrons. The summed E-state index contributed by atoms with van der Waals surface area (Å²) < 4.78 is 60.5. The number of hydrogen-bond acceptors (Lipinski definition) is 10. The summed E-state index contributed by atoms with van der Waals surface area (Å²) >= 11 is 0. The molecule has 0 amide bonds. The van der Waals surface area contributed by atoms with Crippen LogP contribution in [-0.4, -0.2) is 75.6 Å². The first-order valence-corrected chi connectivity index (χ1v) is 14.0. The fourth-order valence-corrected chi connectivity index (χ4v) is 5.58. The summed E-state index contributed by atoms with van der Waals surface area (Å²) in [6.07, 6.45) is 0.480. The number of halogens is 3. The molecule has 10 nitrogen and oxygen atoms in total. The molecule has 0 unspecified atom stereocenters. The molecule has 1 aromatic carbocycles. The van der Waals surface area contributed by atoms with Crippen LogP contribution in [0.4, 0.5) is 13.2 Å². The Hall–Kier alpha value is -3.76. The fourth-order valence-electron chi connectivity index (χ4n) is 5.58. The first kappa shape index (κ1) is 29.7. The van der Waals surface area contributed by atoms with Gasteiger partial charge in [0.25, 0.3) is 0 Å². The van der Waals surface area contributed by atoms with Crippen LogP contribution in [-0.2, 0) is 5.41 Å². The van der Waals surface area contributed by atoms with Gasteiger partial charge in [0.2, 0.25) is 29.3 Å². The number of hydrogen-bond donors (Lipinski definition) is 1. The quantitative estimate of drug-likeness (QED) is 0.388. The molecule has 224 valence electrons. The third kappa shape index (κ3) is 6.50. The second-order valence-corrected chi connectivity index (χ2v) is 11.5. The predicted octanol–water partition coefficient (Wildman–Crippen LogP) is 4.35. The number of aromatic nitrogens is 4. The molecule has 1 N–H and O–H groups in total. The highest BCUT2D eigenvalue weighted by Gasteiger charge is 2.36. The largest absolute Gasteiger partial charge is 0.474 e. The van der Waals surface area contributed by atoms with Crippen molar-refractivity contribution in [1.82, 2.24) is 30.3 Å². The Labute approximate surface area is 242 Å². The van der Waals surface area contributed by atoms with Crippen LogP contribution in [0.15, 0.2) is 28.8 Å². The van der Waals surface area contributed by atoms with Gasteiger partial charge in [0.05, 0.1) is 24.0 Å². The Morgan fingerprint density at radius 1 is 1.17 bits per heavy atom. The SMILES string of the molecule is C[C@H](Oc1cc(O[C@H]2CCN[C@H](CC#N)C2)nc(-c2noc(C(C)(C)c3cc(F)ccc3F)n2)n1)[C@@H]1C[C@@H](F)CN1C. The van der Waals surface area contributed by atoms with Crippen LogP contribution in [0.1, 0.15) is 57.9 Å². The molecule has 13 heteroatoms. The molecule has 42 heavy (non-hydrogen) atoms. The van der Waals surface area contributed by atoms with Crippen molar-refractivity contribution in [2.24, 2.45) is 0 Å². The maximum absolute atomic E-state index is 14.6. The molecule has 2 saturated heterocycles. The number of nitrogens with one attached hydrogen (secondary N) is 1. The molecule has 5 rings (SSSR count). The van der Waals surface area contributed by atoms with Gasteiger partial charge in [-0.1, -0.05) is 5.16 Å². The predicted molar refractivity (Wildman–Crippen MR) is 146 cm³/mol. The van der Waals surface area contributed by atoms with E-state index in [1.54, 1.807) is 19.9 Å². The van der Waals surface area contributed by atoms with Gasteiger partial charge in [-0.05, 0) is 65.4 Å². The smallest absolute Gasteiger partial charge is 0.240 e. The summed E-state index contributed by atoms with van der Waals surface area (Å²) in [6.45, 7) is 6.15. The Bertz CT molecular complexity index is 1450. The average Bonchev–Trinajstić information content (AvgIpc) is 3.57. The van der Waals surface area contributed by atoms with Crippen molar-refractivity contribution >= 4 is 0 Å². The van der Waals surface area contributed by atoms with Gasteiger partial charge in [0.15, 0.2) is 0 Å². The lowest BCUT2D eigenvalue weighted by Gasteiger charge is -2.29. The third-order valence-electron chi connectivity index (χ3n) is 7.91. The van der Waals surface area contributed by atoms with Gasteiger partial charge in [-0.3, -0.25) is 4.90 Å². The number of alkyl halides is 1. The molecular weight excluding hydrogens is 551 g/mol. The Balaban J connectivity index is 1.45. The van der Waals surface area contributed by atoms with Gasteiger partial charge >= 0.3 is 0 Å². The summed E-state index contributed by atoms with van der Waals surface area (Å²) in [6, 6.07) is 6.78. The molecule has 2 aliphatic heterocycles. The third-order valence-corrected chi connectivity index (χ3v) is 7.91. The van der Waals surface area contributed by atoms with E-state index in [0.717, 1.165) is 18.2 Å². The van der Waals surface area contributed by atoms with Crippen LogP contribution in [0.5, 0.6) is 11.8 Å². The monoisotopic (exact) mass is 585 g/mol. The standard InChI is InChI=1S/C29H34F3N7O3/c1-16(23-12-18(31)15-39(23)4)40-24-14-25(41-20-8-10-34-19(13-20)7-9-33)36-26(35-24)27-37-28(42-38-27)29(2,3)21-11-17(30)5-6-22(21)32/h5-6,11,14,16,18-20,23,34H,7-8,10,12-13,15H2,1-4H3/t16-,18+,19+,20-,23-/m0/s1. The minimum Gasteiger partial charge on any atom is -0.474 e. The lowest BCUT2D eigenvalue weighted by molar-refractivity contribution is 0.113. The number of piperidine rings is 1. The first-order valence-electron chi connectivity index (χ1n) is 14.0. The van der Waals surface area contributed by atoms with Crippen molar-refractivity contribution in [3.8, 4) is 29.5 Å². The van der Waals surface area contributed by atoms with Crippen molar-refractivity contribution in [3.63, 3.8) is 0 Å². The molecule has 0 saturated carbocycles. The molecular formula is C29H34F3N7O3. The lowest BCUT2D eigenvalue weighted by Crippen LogP contribution is -2.42. The molecule has 0 spiro atoms. The normalized spacial score (nSPS) is 23.9. The van der Waals surface area contributed by atoms with Crippen LogP contribution in [0.2, 0.25) is 0 Å². The Morgan fingerprint density at radius 2 is 1.95 bits per heavy atom. The summed E-state index contributed by atoms with van der Waals surface area (Å²) in [5.41, 5.74) is -1.11. The maximum atomic E-state index is 14.6. The van der Waals surface area contributed by atoms with Gasteiger partial charge in [-0.25, -0.2) is 13.2 Å². The highest BCUT2D eigenvalue weighted by molar-refractivity contribution is 5.46. The molecule has 2 fully saturated rings. The van der Waals surface area contributed by atoms with Crippen molar-refractivity contribution in [1.29, 1.82) is 5.26 Å². The second-order valence-electron chi connectivity index (χ2n) is 11.5. The van der Waals surface area contributed by atoms with Crippen LogP contribution in [0.25, 0.3) is 11.6 Å². The van der Waals surface area contributed by atoms with Crippen LogP contribution in [0.3, 0.4) is 0 Å². The van der Waals surface area contributed by atoms with Gasteiger partial charge in [0.1, 0.15) is 30.0 Å². The molecule has 2 aliphatic rings. The van der Waals surface area contributed by atoms with Crippen LogP contribution < -0.4 is 14.8 Å². The zero-order valence-corrected chi connectivity index (χ0v) is 24.0. The summed E-state index contributed by atoms with van der Waals surface area (Å²) in [4.78, 5) is 15.4. The van der Waals surface area contributed by atoms with Crippen LogP contribution in [0, 0.1) is 23.0 Å². The van der Waals surface area contributed by atoms with E-state index in [4.69, 9.17) is 19.3 Å². The Kier molecular flexibility index (Phi) is 8.65. The van der Waals surface area contributed by atoms with Crippen molar-refractivity contribution in [3.05, 3.63) is 47.4 Å². The van der Waals surface area contributed by atoms with E-state index in [1.165, 1.54) is 0 Å². The molecule has 0 bridgehead atoms. The van der Waals surface area contributed by atoms with E-state index in [9.17, 15) is 13.2 Å². The van der Waals surface area contributed by atoms with Gasteiger partial charge in [-0.15, -0.1) is 0 Å². The fraction of sp³-hybridized carbons (Fsp3) is 0.552. The Morgan fingerprint density at radius 3 is 2.69 bits per heavy atom. The molecule has 3 aromatic rings. The first-order chi connectivity index (χ1) is 20.0. The number of rotatable bonds is 9. The lowest BCUT2D eigenvalue weighted by atomic mass is 9.84. The van der Waals surface area contributed by atoms with E-state index in [0.29, 0.717) is 38.8 Å². The number of likely N-dealkylation sites (tertiary alicyclic amines) is 1. The van der Waals surface area contributed by atoms with Gasteiger partial charge in [0, 0.05) is 30.6 Å². The summed E-state index contributed by atoms with van der Waals surface area (Å²) in [5.74, 6) is -0.714. The molecule has 5 atom stereocenters. The molecule has 0 aliphatic carbocycles. The zero-order chi connectivity index (χ0) is 30.0. The maximum Gasteiger partial charge on any atom is 0.240 e. The minimum atomic E-state index is -1.17. The number of ether oxygens (including phenoxy) is 2. The van der Waals surface area contributed by atoms with Gasteiger partial charge < -0.3 is 19.3 Å². The van der Waals surface area contributed by atoms with E-state index in [1.807, 2.05) is 18.9 Å². The number of benzene rings is 1. The second kappa shape index (κ2) is 12.2. The highest BCUT2D eigenvalue weighted by Crippen LogP contribution is 2.34. The average molecular weight is 586 g/mol. The highest BCUT2D eigenvalue weighted by atomic mass is 19.1. The summed E-state index contributed by atoms with van der Waals surface area (Å²) in [5, 5.41) is 16.4. The van der Waals surface area contributed by atoms with Crippen LogP contribution >= 0.6 is 0 Å². The van der Waals surface area contributed by atoms with Crippen molar-refractivity contribution in [2.75, 3.05) is 20.1 Å². The number of nitriles is 1. The number of likely N-dealkylation sites (N-methyl/N-ethyl adjacent to an activating group) is 1. The topological polar surface area (TPSA) is 122 Å². The summed E-state index contributed by atoms with van der Waals surface area (Å²) in [7, 11) is 1.85.